The molecular formula is C20H22N2O4. The van der Waals surface area contributed by atoms with Crippen molar-refractivity contribution in [3.63, 3.8) is 0 Å². The number of carbonyl (C=O) groups is 2. The Balaban J connectivity index is 1.75. The van der Waals surface area contributed by atoms with Crippen LogP contribution in [0, 0.1) is 12.3 Å². The zero-order chi connectivity index (χ0) is 18.7. The summed E-state index contributed by atoms with van der Waals surface area (Å²) in [6.07, 6.45) is 1.05. The van der Waals surface area contributed by atoms with Gasteiger partial charge in [0.05, 0.1) is 19.9 Å². The zero-order valence-corrected chi connectivity index (χ0v) is 15.1. The van der Waals surface area contributed by atoms with E-state index < -0.39 is 5.41 Å². The molecule has 26 heavy (non-hydrogen) atoms. The molecule has 2 aromatic rings. The zero-order valence-electron chi connectivity index (χ0n) is 15.1. The molecule has 6 heteroatoms. The van der Waals surface area contributed by atoms with Crippen LogP contribution in [0.2, 0.25) is 0 Å². The average Bonchev–Trinajstić information content (AvgIpc) is 3.46. The highest BCUT2D eigenvalue weighted by molar-refractivity contribution is 6.17. The van der Waals surface area contributed by atoms with Crippen LogP contribution in [0.4, 0.5) is 11.4 Å². The molecule has 3 rings (SSSR count). The number of hydrogen-bond donors (Lipinski definition) is 2. The van der Waals surface area contributed by atoms with Gasteiger partial charge in [0.25, 0.3) is 0 Å². The minimum Gasteiger partial charge on any atom is -0.497 e. The number of aryl methyl sites for hydroxylation is 1. The van der Waals surface area contributed by atoms with Crippen LogP contribution in [-0.4, -0.2) is 26.0 Å². The highest BCUT2D eigenvalue weighted by Crippen LogP contribution is 2.48. The molecule has 2 aromatic carbocycles. The van der Waals surface area contributed by atoms with E-state index >= 15 is 0 Å². The van der Waals surface area contributed by atoms with Gasteiger partial charge >= 0.3 is 0 Å². The predicted octanol–water partition coefficient (Wildman–Crippen LogP) is 3.37. The molecule has 1 fully saturated rings. The Morgan fingerprint density at radius 2 is 1.58 bits per heavy atom. The Morgan fingerprint density at radius 1 is 0.923 bits per heavy atom. The fourth-order valence-corrected chi connectivity index (χ4v) is 2.78. The number of hydrogen-bond acceptors (Lipinski definition) is 4. The van der Waals surface area contributed by atoms with Gasteiger partial charge in [0.1, 0.15) is 16.9 Å². The van der Waals surface area contributed by atoms with E-state index in [0.717, 1.165) is 11.3 Å². The predicted molar refractivity (Wildman–Crippen MR) is 99.7 cm³/mol. The molecule has 0 atom stereocenters. The van der Waals surface area contributed by atoms with Crippen LogP contribution in [0.25, 0.3) is 0 Å². The van der Waals surface area contributed by atoms with Gasteiger partial charge in [-0.15, -0.1) is 0 Å². The van der Waals surface area contributed by atoms with E-state index in [-0.39, 0.29) is 11.8 Å². The molecule has 0 aliphatic heterocycles. The highest BCUT2D eigenvalue weighted by atomic mass is 16.5. The van der Waals surface area contributed by atoms with Crippen LogP contribution >= 0.6 is 0 Å². The van der Waals surface area contributed by atoms with E-state index in [2.05, 4.69) is 10.6 Å². The summed E-state index contributed by atoms with van der Waals surface area (Å²) >= 11 is 0. The van der Waals surface area contributed by atoms with Gasteiger partial charge in [0, 0.05) is 11.8 Å². The molecule has 1 saturated carbocycles. The van der Waals surface area contributed by atoms with Crippen LogP contribution in [0.1, 0.15) is 18.4 Å². The number of rotatable bonds is 6. The first kappa shape index (κ1) is 17.8. The fourth-order valence-electron chi connectivity index (χ4n) is 2.78. The lowest BCUT2D eigenvalue weighted by Gasteiger charge is -2.18. The maximum atomic E-state index is 12.8. The standard InChI is InChI=1S/C20H22N2O4/c1-13-6-4-5-7-15(13)21-18(23)20(10-11-20)19(24)22-16-9-8-14(25-2)12-17(16)26-3/h4-9,12H,10-11H2,1-3H3,(H,21,23)(H,22,24). The quantitative estimate of drug-likeness (QED) is 0.780. The molecule has 0 aromatic heterocycles. The Hall–Kier alpha value is -3.02. The maximum Gasteiger partial charge on any atom is 0.240 e. The monoisotopic (exact) mass is 354 g/mol. The molecule has 0 saturated heterocycles. The Morgan fingerprint density at radius 3 is 2.15 bits per heavy atom. The Kier molecular flexibility index (Phi) is 4.84. The summed E-state index contributed by atoms with van der Waals surface area (Å²) < 4.78 is 10.5. The molecule has 6 nitrogen and oxygen atoms in total. The van der Waals surface area contributed by atoms with Crippen LogP contribution in [0.3, 0.4) is 0 Å². The van der Waals surface area contributed by atoms with Crippen LogP contribution in [-0.2, 0) is 9.59 Å². The van der Waals surface area contributed by atoms with Gasteiger partial charge in [-0.2, -0.15) is 0 Å². The van der Waals surface area contributed by atoms with Crippen molar-refractivity contribution in [1.82, 2.24) is 0 Å². The molecule has 0 spiro atoms. The second-order valence-electron chi connectivity index (χ2n) is 6.37. The molecule has 136 valence electrons. The summed E-state index contributed by atoms with van der Waals surface area (Å²) in [6, 6.07) is 12.6. The number of anilines is 2. The van der Waals surface area contributed by atoms with Gasteiger partial charge in [-0.3, -0.25) is 9.59 Å². The number of methoxy groups -OCH3 is 2. The second-order valence-corrected chi connectivity index (χ2v) is 6.37. The first-order chi connectivity index (χ1) is 12.5. The van der Waals surface area contributed by atoms with Crippen molar-refractivity contribution >= 4 is 23.2 Å². The lowest BCUT2D eigenvalue weighted by molar-refractivity contribution is -0.131. The van der Waals surface area contributed by atoms with Gasteiger partial charge in [0.15, 0.2) is 0 Å². The molecule has 2 N–H and O–H groups in total. The average molecular weight is 354 g/mol. The molecule has 1 aliphatic carbocycles. The first-order valence-electron chi connectivity index (χ1n) is 8.41. The largest absolute Gasteiger partial charge is 0.497 e. The van der Waals surface area contributed by atoms with Crippen LogP contribution in [0.15, 0.2) is 42.5 Å². The van der Waals surface area contributed by atoms with E-state index in [1.54, 1.807) is 25.3 Å². The molecule has 0 bridgehead atoms. The minimum absolute atomic E-state index is 0.281. The fraction of sp³-hybridized carbons (Fsp3) is 0.300. The summed E-state index contributed by atoms with van der Waals surface area (Å²) in [4.78, 5) is 25.5. The van der Waals surface area contributed by atoms with Crippen molar-refractivity contribution in [3.8, 4) is 11.5 Å². The molecule has 0 heterocycles. The third-order valence-electron chi connectivity index (χ3n) is 4.67. The Labute approximate surface area is 152 Å². The normalized spacial score (nSPS) is 14.3. The van der Waals surface area contributed by atoms with E-state index in [1.165, 1.54) is 7.11 Å². The lowest BCUT2D eigenvalue weighted by Crippen LogP contribution is -2.35. The topological polar surface area (TPSA) is 76.7 Å². The van der Waals surface area contributed by atoms with Crippen molar-refractivity contribution < 1.29 is 19.1 Å². The molecule has 0 unspecified atom stereocenters. The van der Waals surface area contributed by atoms with Crippen LogP contribution < -0.4 is 20.1 Å². The summed E-state index contributed by atoms with van der Waals surface area (Å²) in [5.41, 5.74) is 1.15. The van der Waals surface area contributed by atoms with Gasteiger partial charge in [-0.1, -0.05) is 18.2 Å². The smallest absolute Gasteiger partial charge is 0.240 e. The number of ether oxygens (including phenoxy) is 2. The third kappa shape index (κ3) is 3.35. The van der Waals surface area contributed by atoms with Crippen molar-refractivity contribution in [2.75, 3.05) is 24.9 Å². The van der Waals surface area contributed by atoms with Crippen molar-refractivity contribution in [2.24, 2.45) is 5.41 Å². The summed E-state index contributed by atoms with van der Waals surface area (Å²) in [5.74, 6) is 0.495. The van der Waals surface area contributed by atoms with Gasteiger partial charge in [-0.25, -0.2) is 0 Å². The molecule has 0 radical (unpaired) electrons. The molecule has 2 amide bonds. The molecular weight excluding hydrogens is 332 g/mol. The number of amides is 2. The van der Waals surface area contributed by atoms with E-state index in [4.69, 9.17) is 9.47 Å². The number of benzene rings is 2. The number of nitrogens with one attached hydrogen (secondary N) is 2. The summed E-state index contributed by atoms with van der Waals surface area (Å²) in [7, 11) is 3.07. The third-order valence-corrected chi connectivity index (χ3v) is 4.67. The van der Waals surface area contributed by atoms with Crippen molar-refractivity contribution in [3.05, 3.63) is 48.0 Å². The second kappa shape index (κ2) is 7.07. The lowest BCUT2D eigenvalue weighted by atomic mass is 10.0. The Bertz CT molecular complexity index is 843. The molecule has 1 aliphatic rings. The van der Waals surface area contributed by atoms with Gasteiger partial charge in [0.2, 0.25) is 11.8 Å². The van der Waals surface area contributed by atoms with E-state index in [9.17, 15) is 9.59 Å². The van der Waals surface area contributed by atoms with Gasteiger partial charge < -0.3 is 20.1 Å². The SMILES string of the molecule is COc1ccc(NC(=O)C2(C(=O)Nc3ccccc3C)CC2)c(OC)c1. The first-order valence-corrected chi connectivity index (χ1v) is 8.41. The maximum absolute atomic E-state index is 12.8. The van der Waals surface area contributed by atoms with E-state index in [1.807, 2.05) is 31.2 Å². The highest BCUT2D eigenvalue weighted by Gasteiger charge is 2.56. The van der Waals surface area contributed by atoms with Crippen molar-refractivity contribution in [1.29, 1.82) is 0 Å². The summed E-state index contributed by atoms with van der Waals surface area (Å²) in [5, 5.41) is 5.69. The van der Waals surface area contributed by atoms with Crippen molar-refractivity contribution in [2.45, 2.75) is 19.8 Å². The van der Waals surface area contributed by atoms with Gasteiger partial charge in [-0.05, 0) is 43.5 Å². The minimum atomic E-state index is -1.03. The number of carbonyl (C=O) groups excluding carboxylic acids is 2. The number of para-hydroxylation sites is 1. The van der Waals surface area contributed by atoms with Crippen LogP contribution in [0.5, 0.6) is 11.5 Å². The summed E-state index contributed by atoms with van der Waals surface area (Å²) in [6.45, 7) is 1.91. The van der Waals surface area contributed by atoms with E-state index in [0.29, 0.717) is 30.0 Å².